The van der Waals surface area contributed by atoms with Crippen LogP contribution in [0.1, 0.15) is 16.7 Å². The lowest BCUT2D eigenvalue weighted by molar-refractivity contribution is 0.383. The van der Waals surface area contributed by atoms with Crippen LogP contribution >= 0.6 is 0 Å². The summed E-state index contributed by atoms with van der Waals surface area (Å²) in [6, 6.07) is 20.9. The Hall–Kier alpha value is -4.29. The van der Waals surface area contributed by atoms with E-state index in [2.05, 4.69) is 25.7 Å². The van der Waals surface area contributed by atoms with Crippen LogP contribution in [0.15, 0.2) is 82.8 Å². The van der Waals surface area contributed by atoms with Gasteiger partial charge in [-0.2, -0.15) is 14.6 Å². The fraction of sp³-hybridized carbons (Fsp3) is 0.130. The summed E-state index contributed by atoms with van der Waals surface area (Å²) in [5.41, 5.74) is 8.72. The molecule has 5 N–H and O–H groups in total. The summed E-state index contributed by atoms with van der Waals surface area (Å²) in [5, 5.41) is 17.4. The third-order valence-corrected chi connectivity index (χ3v) is 7.18. The molecule has 12 heteroatoms. The Morgan fingerprint density at radius 1 is 1.00 bits per heavy atom. The number of tetrazole rings is 1. The van der Waals surface area contributed by atoms with E-state index in [4.69, 9.17) is 16.3 Å². The van der Waals surface area contributed by atoms with E-state index in [0.29, 0.717) is 11.4 Å². The maximum absolute atomic E-state index is 13.8. The molecule has 1 heterocycles. The monoisotopic (exact) mass is 492 g/mol. The second-order valence-corrected chi connectivity index (χ2v) is 9.47. The van der Waals surface area contributed by atoms with Crippen molar-refractivity contribution in [3.63, 3.8) is 0 Å². The van der Waals surface area contributed by atoms with Gasteiger partial charge in [0.15, 0.2) is 0 Å². The molecule has 0 spiro atoms. The number of para-hydroxylation sites is 1. The fourth-order valence-electron chi connectivity index (χ4n) is 3.50. The number of hydrogen-bond donors (Lipinski definition) is 3. The number of hydrogen-bond acceptors (Lipinski definition) is 8. The molecule has 0 amide bonds. The van der Waals surface area contributed by atoms with Crippen molar-refractivity contribution < 1.29 is 13.2 Å². The van der Waals surface area contributed by atoms with Gasteiger partial charge in [-0.1, -0.05) is 60.7 Å². The molecule has 0 aliphatic carbocycles. The van der Waals surface area contributed by atoms with E-state index >= 15 is 0 Å². The number of methoxy groups -OCH3 is 1. The standard InChI is InChI=1S/C23H24N8O3S/c1-34-20-4-2-3-5-21(20)35(32,33)31(14-16-6-10-18(11-7-16)22(24)26-25)15-17-8-12-19(13-9-17)23-27-29-30-28-23/h2-13H,14-15,25H2,1H3,(H2,24,26)(H,27,28,29,30). The van der Waals surface area contributed by atoms with Crippen LogP contribution in [-0.2, 0) is 23.1 Å². The quantitative estimate of drug-likeness (QED) is 0.138. The van der Waals surface area contributed by atoms with Crippen molar-refractivity contribution in [1.82, 2.24) is 24.9 Å². The topological polar surface area (TPSA) is 165 Å². The van der Waals surface area contributed by atoms with Crippen LogP contribution in [0.2, 0.25) is 0 Å². The number of H-pyrrole nitrogens is 1. The van der Waals surface area contributed by atoms with Crippen LogP contribution in [-0.4, -0.2) is 46.3 Å². The van der Waals surface area contributed by atoms with Gasteiger partial charge in [-0.3, -0.25) is 0 Å². The van der Waals surface area contributed by atoms with Gasteiger partial charge in [0.1, 0.15) is 16.5 Å². The number of rotatable bonds is 9. The van der Waals surface area contributed by atoms with Gasteiger partial charge in [0.05, 0.1) is 7.11 Å². The van der Waals surface area contributed by atoms with E-state index in [-0.39, 0.29) is 29.6 Å². The highest BCUT2D eigenvalue weighted by molar-refractivity contribution is 7.89. The molecule has 0 saturated carbocycles. The Kier molecular flexibility index (Phi) is 7.03. The molecule has 4 rings (SSSR count). The predicted octanol–water partition coefficient (Wildman–Crippen LogP) is 1.85. The molecular formula is C23H24N8O3S. The molecule has 1 aromatic heterocycles. The maximum Gasteiger partial charge on any atom is 0.247 e. The number of hydrazone groups is 1. The summed E-state index contributed by atoms with van der Waals surface area (Å²) >= 11 is 0. The number of sulfonamides is 1. The number of amidine groups is 1. The van der Waals surface area contributed by atoms with Gasteiger partial charge < -0.3 is 16.3 Å². The van der Waals surface area contributed by atoms with Crippen molar-refractivity contribution in [2.75, 3.05) is 7.11 Å². The van der Waals surface area contributed by atoms with Crippen LogP contribution in [0, 0.1) is 0 Å². The van der Waals surface area contributed by atoms with Crippen molar-refractivity contribution in [1.29, 1.82) is 0 Å². The summed E-state index contributed by atoms with van der Waals surface area (Å²) in [6.07, 6.45) is 0. The minimum Gasteiger partial charge on any atom is -0.495 e. The number of nitrogens with zero attached hydrogens (tertiary/aromatic N) is 5. The molecule has 0 bridgehead atoms. The Bertz CT molecular complexity index is 1400. The Balaban J connectivity index is 1.67. The first-order valence-electron chi connectivity index (χ1n) is 10.5. The number of ether oxygens (including phenoxy) is 1. The highest BCUT2D eigenvalue weighted by Gasteiger charge is 2.28. The molecule has 4 aromatic rings. The second kappa shape index (κ2) is 10.3. The van der Waals surface area contributed by atoms with Crippen molar-refractivity contribution >= 4 is 15.9 Å². The van der Waals surface area contributed by atoms with Gasteiger partial charge in [-0.25, -0.2) is 8.42 Å². The number of benzene rings is 3. The van der Waals surface area contributed by atoms with E-state index in [1.54, 1.807) is 42.5 Å². The molecule has 11 nitrogen and oxygen atoms in total. The Labute approximate surface area is 202 Å². The highest BCUT2D eigenvalue weighted by atomic mass is 32.2. The zero-order chi connectivity index (χ0) is 24.8. The van der Waals surface area contributed by atoms with E-state index < -0.39 is 10.0 Å². The van der Waals surface area contributed by atoms with E-state index in [0.717, 1.165) is 16.7 Å². The summed E-state index contributed by atoms with van der Waals surface area (Å²) in [5.74, 6) is 6.17. The van der Waals surface area contributed by atoms with Gasteiger partial charge in [-0.05, 0) is 28.5 Å². The zero-order valence-corrected chi connectivity index (χ0v) is 19.7. The summed E-state index contributed by atoms with van der Waals surface area (Å²) in [6.45, 7) is 0.244. The minimum absolute atomic E-state index is 0.0852. The summed E-state index contributed by atoms with van der Waals surface area (Å²) in [7, 11) is -2.48. The average Bonchev–Trinajstić information content (AvgIpc) is 3.44. The molecule has 0 unspecified atom stereocenters. The number of nitrogens with two attached hydrogens (primary N) is 2. The zero-order valence-electron chi connectivity index (χ0n) is 18.9. The lowest BCUT2D eigenvalue weighted by atomic mass is 10.1. The summed E-state index contributed by atoms with van der Waals surface area (Å²) < 4.78 is 34.2. The molecule has 180 valence electrons. The molecule has 0 radical (unpaired) electrons. The van der Waals surface area contributed by atoms with E-state index in [1.165, 1.54) is 17.5 Å². The molecule has 0 aliphatic rings. The van der Waals surface area contributed by atoms with Gasteiger partial charge in [0, 0.05) is 24.2 Å². The fourth-order valence-corrected chi connectivity index (χ4v) is 5.08. The SMILES string of the molecule is COc1ccccc1S(=O)(=O)N(Cc1ccc(/C(N)=N/N)cc1)Cc1ccc(-c2nn[nH]n2)cc1. The first kappa shape index (κ1) is 23.9. The molecule has 0 fully saturated rings. The van der Waals surface area contributed by atoms with Crippen LogP contribution in [0.5, 0.6) is 5.75 Å². The molecule has 35 heavy (non-hydrogen) atoms. The lowest BCUT2D eigenvalue weighted by Crippen LogP contribution is -2.30. The number of nitrogens with one attached hydrogen (secondary N) is 1. The first-order chi connectivity index (χ1) is 16.9. The van der Waals surface area contributed by atoms with Crippen molar-refractivity contribution in [2.24, 2.45) is 16.7 Å². The van der Waals surface area contributed by atoms with Crippen LogP contribution in [0.3, 0.4) is 0 Å². The largest absolute Gasteiger partial charge is 0.495 e. The molecule has 3 aromatic carbocycles. The molecule has 0 saturated heterocycles. The van der Waals surface area contributed by atoms with Crippen molar-refractivity contribution in [2.45, 2.75) is 18.0 Å². The predicted molar refractivity (Wildman–Crippen MR) is 130 cm³/mol. The Morgan fingerprint density at radius 2 is 1.63 bits per heavy atom. The van der Waals surface area contributed by atoms with E-state index in [1.807, 2.05) is 24.3 Å². The first-order valence-corrected chi connectivity index (χ1v) is 11.9. The number of aromatic nitrogens is 4. The van der Waals surface area contributed by atoms with Gasteiger partial charge in [-0.15, -0.1) is 10.2 Å². The van der Waals surface area contributed by atoms with Crippen molar-refractivity contribution in [3.8, 4) is 17.1 Å². The molecule has 0 atom stereocenters. The van der Waals surface area contributed by atoms with E-state index in [9.17, 15) is 8.42 Å². The third kappa shape index (κ3) is 5.28. The molecular weight excluding hydrogens is 468 g/mol. The second-order valence-electron chi connectivity index (χ2n) is 7.57. The summed E-state index contributed by atoms with van der Waals surface area (Å²) in [4.78, 5) is 0.0852. The molecule has 0 aliphatic heterocycles. The Morgan fingerprint density at radius 3 is 2.20 bits per heavy atom. The van der Waals surface area contributed by atoms with Crippen LogP contribution in [0.25, 0.3) is 11.4 Å². The lowest BCUT2D eigenvalue weighted by Gasteiger charge is -2.24. The van der Waals surface area contributed by atoms with Crippen LogP contribution in [0.4, 0.5) is 0 Å². The smallest absolute Gasteiger partial charge is 0.247 e. The number of aromatic amines is 1. The maximum atomic E-state index is 13.8. The van der Waals surface area contributed by atoms with Crippen molar-refractivity contribution in [3.05, 3.63) is 89.5 Å². The average molecular weight is 493 g/mol. The van der Waals surface area contributed by atoms with Gasteiger partial charge in [0.25, 0.3) is 0 Å². The van der Waals surface area contributed by atoms with Crippen LogP contribution < -0.4 is 16.3 Å². The third-order valence-electron chi connectivity index (χ3n) is 5.35. The van der Waals surface area contributed by atoms with Gasteiger partial charge in [0.2, 0.25) is 15.8 Å². The van der Waals surface area contributed by atoms with Gasteiger partial charge >= 0.3 is 0 Å². The minimum atomic E-state index is -3.92. The highest BCUT2D eigenvalue weighted by Crippen LogP contribution is 2.29. The normalized spacial score (nSPS) is 12.1.